The van der Waals surface area contributed by atoms with Crippen LogP contribution < -0.4 is 5.19 Å². The van der Waals surface area contributed by atoms with Gasteiger partial charge in [0.25, 0.3) is 11.4 Å². The standard InChI is InChI=1S/C24H23F3N2O6Si/c1-24(2,3)36(23-19(26)12-18(25)13-20(23)27,34-14-16-8-4-6-10-21(16)28(30)31)35-15-17-9-5-7-11-22(17)29(32)33/h4-13H,14-15H2,1-3H3. The monoisotopic (exact) mass is 520 g/mol. The zero-order chi connectivity index (χ0) is 26.7. The van der Waals surface area contributed by atoms with E-state index >= 15 is 8.78 Å². The number of rotatable bonds is 9. The van der Waals surface area contributed by atoms with Gasteiger partial charge in [0.05, 0.1) is 39.4 Å². The van der Waals surface area contributed by atoms with E-state index in [1.807, 2.05) is 0 Å². The zero-order valence-corrected chi connectivity index (χ0v) is 20.7. The lowest BCUT2D eigenvalue weighted by molar-refractivity contribution is -0.385. The van der Waals surface area contributed by atoms with Crippen molar-refractivity contribution >= 4 is 25.1 Å². The predicted molar refractivity (Wildman–Crippen MR) is 127 cm³/mol. The molecule has 3 aromatic carbocycles. The van der Waals surface area contributed by atoms with E-state index < -0.39 is 59.3 Å². The number of hydrogen-bond acceptors (Lipinski definition) is 6. The Morgan fingerprint density at radius 3 is 1.53 bits per heavy atom. The third-order valence-electron chi connectivity index (χ3n) is 5.56. The summed E-state index contributed by atoms with van der Waals surface area (Å²) in [6, 6.07) is 12.4. The van der Waals surface area contributed by atoms with Crippen LogP contribution in [0.5, 0.6) is 0 Å². The van der Waals surface area contributed by atoms with E-state index in [0.29, 0.717) is 12.1 Å². The summed E-state index contributed by atoms with van der Waals surface area (Å²) in [7, 11) is -4.33. The van der Waals surface area contributed by atoms with Crippen molar-refractivity contribution in [3.8, 4) is 0 Å². The van der Waals surface area contributed by atoms with Crippen molar-refractivity contribution in [1.82, 2.24) is 0 Å². The summed E-state index contributed by atoms with van der Waals surface area (Å²) in [4.78, 5) is 21.7. The second kappa shape index (κ2) is 10.6. The van der Waals surface area contributed by atoms with Crippen molar-refractivity contribution in [2.75, 3.05) is 0 Å². The van der Waals surface area contributed by atoms with E-state index in [1.54, 1.807) is 32.9 Å². The van der Waals surface area contributed by atoms with Gasteiger partial charge in [0.15, 0.2) is 0 Å². The molecule has 0 saturated heterocycles. The van der Waals surface area contributed by atoms with Crippen LogP contribution in [0.3, 0.4) is 0 Å². The van der Waals surface area contributed by atoms with Gasteiger partial charge in [-0.2, -0.15) is 0 Å². The maximum atomic E-state index is 15.2. The minimum atomic E-state index is -4.33. The summed E-state index contributed by atoms with van der Waals surface area (Å²) in [6.07, 6.45) is 0. The summed E-state index contributed by atoms with van der Waals surface area (Å²) in [5, 5.41) is 21.2. The molecule has 3 rings (SSSR count). The highest BCUT2D eigenvalue weighted by atomic mass is 28.4. The van der Waals surface area contributed by atoms with Crippen molar-refractivity contribution in [2.45, 2.75) is 39.0 Å². The molecule has 0 bridgehead atoms. The molecule has 0 unspecified atom stereocenters. The molecule has 0 atom stereocenters. The van der Waals surface area contributed by atoms with Crippen molar-refractivity contribution in [1.29, 1.82) is 0 Å². The Bertz CT molecular complexity index is 1210. The Hall–Kier alpha value is -3.61. The fourth-order valence-electron chi connectivity index (χ4n) is 3.83. The van der Waals surface area contributed by atoms with Crippen LogP contribution in [0.2, 0.25) is 5.04 Å². The molecule has 0 aliphatic heterocycles. The molecule has 8 nitrogen and oxygen atoms in total. The number of para-hydroxylation sites is 2. The van der Waals surface area contributed by atoms with E-state index in [-0.39, 0.29) is 22.5 Å². The Labute approximate surface area is 205 Å². The van der Waals surface area contributed by atoms with Gasteiger partial charge >= 0.3 is 8.56 Å². The van der Waals surface area contributed by atoms with Gasteiger partial charge in [-0.05, 0) is 12.1 Å². The molecule has 0 aliphatic rings. The molecular weight excluding hydrogens is 497 g/mol. The van der Waals surface area contributed by atoms with Gasteiger partial charge in [0.1, 0.15) is 17.5 Å². The predicted octanol–water partition coefficient (Wildman–Crippen LogP) is 5.80. The molecule has 190 valence electrons. The number of nitro benzene ring substituents is 2. The van der Waals surface area contributed by atoms with Crippen LogP contribution in [0.1, 0.15) is 31.9 Å². The third-order valence-corrected chi connectivity index (χ3v) is 9.77. The Morgan fingerprint density at radius 1 is 0.778 bits per heavy atom. The highest BCUT2D eigenvalue weighted by molar-refractivity contribution is 6.83. The average molecular weight is 521 g/mol. The van der Waals surface area contributed by atoms with Crippen LogP contribution in [0.4, 0.5) is 24.5 Å². The normalized spacial score (nSPS) is 11.9. The van der Waals surface area contributed by atoms with Gasteiger partial charge < -0.3 is 8.85 Å². The fourth-order valence-corrected chi connectivity index (χ4v) is 7.31. The molecule has 0 spiro atoms. The van der Waals surface area contributed by atoms with Gasteiger partial charge in [0, 0.05) is 29.3 Å². The average Bonchev–Trinajstić information content (AvgIpc) is 2.79. The quantitative estimate of drug-likeness (QED) is 0.201. The van der Waals surface area contributed by atoms with Crippen LogP contribution in [-0.4, -0.2) is 18.4 Å². The molecule has 0 radical (unpaired) electrons. The first-order chi connectivity index (χ1) is 16.9. The smallest absolute Gasteiger partial charge is 0.384 e. The van der Waals surface area contributed by atoms with Crippen molar-refractivity contribution in [3.05, 3.63) is 109 Å². The van der Waals surface area contributed by atoms with Crippen LogP contribution in [0, 0.1) is 37.7 Å². The number of nitrogens with zero attached hydrogens (tertiary/aromatic N) is 2. The Morgan fingerprint density at radius 2 is 1.17 bits per heavy atom. The summed E-state index contributed by atoms with van der Waals surface area (Å²) in [6.45, 7) is 3.89. The Balaban J connectivity index is 2.16. The molecular formula is C24H23F3N2O6Si. The molecule has 36 heavy (non-hydrogen) atoms. The van der Waals surface area contributed by atoms with Gasteiger partial charge in [0.2, 0.25) is 0 Å². The molecule has 0 N–H and O–H groups in total. The van der Waals surface area contributed by atoms with Crippen molar-refractivity contribution in [3.63, 3.8) is 0 Å². The second-order valence-corrected chi connectivity index (χ2v) is 12.8. The van der Waals surface area contributed by atoms with Gasteiger partial charge in [-0.1, -0.05) is 45.0 Å². The summed E-state index contributed by atoms with van der Waals surface area (Å²) in [5.41, 5.74) is -0.289. The van der Waals surface area contributed by atoms with E-state index in [0.717, 1.165) is 0 Å². The number of nitro groups is 2. The minimum Gasteiger partial charge on any atom is -0.386 e. The highest BCUT2D eigenvalue weighted by Gasteiger charge is 2.55. The number of halogens is 3. The molecule has 0 heterocycles. The second-order valence-electron chi connectivity index (χ2n) is 8.96. The molecule has 0 fully saturated rings. The third kappa shape index (κ3) is 5.45. The SMILES string of the molecule is CC(C)(C)[Si](OCc1ccccc1[N+](=O)[O-])(OCc1ccccc1[N+](=O)[O-])c1c(F)cc(F)cc1F. The number of benzene rings is 3. The zero-order valence-electron chi connectivity index (χ0n) is 19.7. The first-order valence-electron chi connectivity index (χ1n) is 10.7. The lowest BCUT2D eigenvalue weighted by Gasteiger charge is -2.41. The summed E-state index contributed by atoms with van der Waals surface area (Å²) >= 11 is 0. The first-order valence-corrected chi connectivity index (χ1v) is 12.6. The van der Waals surface area contributed by atoms with Crippen LogP contribution in [0.15, 0.2) is 60.7 Å². The minimum absolute atomic E-state index is 0.126. The molecule has 0 aliphatic carbocycles. The molecule has 0 amide bonds. The van der Waals surface area contributed by atoms with Crippen LogP contribution >= 0.6 is 0 Å². The maximum Gasteiger partial charge on any atom is 0.384 e. The lowest BCUT2D eigenvalue weighted by atomic mass is 10.2. The van der Waals surface area contributed by atoms with Crippen LogP contribution in [-0.2, 0) is 22.1 Å². The van der Waals surface area contributed by atoms with Crippen molar-refractivity contribution < 1.29 is 31.9 Å². The van der Waals surface area contributed by atoms with E-state index in [4.69, 9.17) is 8.85 Å². The van der Waals surface area contributed by atoms with Gasteiger partial charge in [-0.3, -0.25) is 20.2 Å². The van der Waals surface area contributed by atoms with E-state index in [1.165, 1.54) is 36.4 Å². The van der Waals surface area contributed by atoms with E-state index in [9.17, 15) is 24.6 Å². The summed E-state index contributed by atoms with van der Waals surface area (Å²) < 4.78 is 56.4. The van der Waals surface area contributed by atoms with Crippen molar-refractivity contribution in [2.24, 2.45) is 0 Å². The summed E-state index contributed by atoms with van der Waals surface area (Å²) in [5.74, 6) is -3.65. The molecule has 0 aromatic heterocycles. The highest BCUT2D eigenvalue weighted by Crippen LogP contribution is 2.40. The molecule has 3 aromatic rings. The molecule has 0 saturated carbocycles. The van der Waals surface area contributed by atoms with Gasteiger partial charge in [-0.15, -0.1) is 0 Å². The largest absolute Gasteiger partial charge is 0.386 e. The first kappa shape index (κ1) is 27.0. The number of hydrogen-bond donors (Lipinski definition) is 0. The maximum absolute atomic E-state index is 15.2. The topological polar surface area (TPSA) is 105 Å². The Kier molecular flexibility index (Phi) is 7.92. The fraction of sp³-hybridized carbons (Fsp3) is 0.250. The van der Waals surface area contributed by atoms with Gasteiger partial charge in [-0.25, -0.2) is 13.2 Å². The van der Waals surface area contributed by atoms with Crippen LogP contribution in [0.25, 0.3) is 0 Å². The molecule has 12 heteroatoms. The van der Waals surface area contributed by atoms with E-state index in [2.05, 4.69) is 0 Å². The lowest BCUT2D eigenvalue weighted by Crippen LogP contribution is -2.62.